The number of hydrogen-bond donors (Lipinski definition) is 2. The molecule has 4 rings (SSSR count). The van der Waals surface area contributed by atoms with Crippen molar-refractivity contribution in [3.05, 3.63) is 92.8 Å². The summed E-state index contributed by atoms with van der Waals surface area (Å²) in [4.78, 5) is 31.9. The van der Waals surface area contributed by atoms with Crippen molar-refractivity contribution in [3.8, 4) is 11.3 Å². The Morgan fingerprint density at radius 1 is 0.944 bits per heavy atom. The Morgan fingerprint density at radius 2 is 1.64 bits per heavy atom. The van der Waals surface area contributed by atoms with E-state index in [1.54, 1.807) is 24.3 Å². The van der Waals surface area contributed by atoms with Crippen molar-refractivity contribution in [1.82, 2.24) is 4.98 Å². The molecule has 0 bridgehead atoms. The quantitative estimate of drug-likeness (QED) is 0.226. The molecule has 1 unspecified atom stereocenters. The third kappa shape index (κ3) is 6.48. The number of anilines is 2. The molecule has 0 radical (unpaired) electrons. The Bertz CT molecular complexity index is 1400. The first kappa shape index (κ1) is 26.2. The molecule has 1 atom stereocenters. The van der Waals surface area contributed by atoms with Crippen molar-refractivity contribution >= 4 is 68.9 Å². The largest absolute Gasteiger partial charge is 0.322 e. The zero-order chi connectivity index (χ0) is 25.8. The Balaban J connectivity index is 1.35. The van der Waals surface area contributed by atoms with Crippen LogP contribution in [0.25, 0.3) is 11.3 Å². The van der Waals surface area contributed by atoms with Crippen LogP contribution >= 0.6 is 46.3 Å². The van der Waals surface area contributed by atoms with E-state index >= 15 is 0 Å². The zero-order valence-corrected chi connectivity index (χ0v) is 22.9. The van der Waals surface area contributed by atoms with E-state index in [9.17, 15) is 9.59 Å². The highest BCUT2D eigenvalue weighted by atomic mass is 35.5. The van der Waals surface area contributed by atoms with Crippen molar-refractivity contribution in [2.75, 3.05) is 10.6 Å². The lowest BCUT2D eigenvalue weighted by Crippen LogP contribution is -2.22. The van der Waals surface area contributed by atoms with E-state index in [1.807, 2.05) is 45.0 Å². The van der Waals surface area contributed by atoms with Gasteiger partial charge >= 0.3 is 0 Å². The highest BCUT2D eigenvalue weighted by Crippen LogP contribution is 2.32. The maximum absolute atomic E-state index is 12.8. The molecule has 2 amide bonds. The van der Waals surface area contributed by atoms with Gasteiger partial charge in [-0.3, -0.25) is 9.59 Å². The molecule has 5 nitrogen and oxygen atoms in total. The molecule has 0 aliphatic carbocycles. The summed E-state index contributed by atoms with van der Waals surface area (Å²) in [5.74, 6) is -0.451. The average molecular weight is 557 g/mol. The van der Waals surface area contributed by atoms with Crippen molar-refractivity contribution in [3.63, 3.8) is 0 Å². The molecule has 4 aromatic rings. The Morgan fingerprint density at radius 3 is 2.31 bits per heavy atom. The molecule has 9 heteroatoms. The Kier molecular flexibility index (Phi) is 8.36. The molecule has 36 heavy (non-hydrogen) atoms. The van der Waals surface area contributed by atoms with Crippen LogP contribution in [-0.2, 0) is 4.79 Å². The predicted molar refractivity (Wildman–Crippen MR) is 152 cm³/mol. The molecule has 3 aromatic carbocycles. The average Bonchev–Trinajstić information content (AvgIpc) is 3.20. The number of amides is 2. The van der Waals surface area contributed by atoms with Gasteiger partial charge in [0, 0.05) is 26.0 Å². The number of carbonyl (C=O) groups is 2. The van der Waals surface area contributed by atoms with Gasteiger partial charge in [-0.05, 0) is 63.2 Å². The number of aryl methyl sites for hydroxylation is 2. The molecule has 0 fully saturated rings. The zero-order valence-electron chi connectivity index (χ0n) is 19.8. The standard InChI is InChI=1S/C27H23Cl2N3O2S2/c1-15-4-6-18(7-5-15)24-16(2)36-27(31-24)32-25(33)17(3)35-21-11-9-20(10-12-21)30-26(34)22-13-8-19(28)14-23(22)29/h4-14,17H,1-3H3,(H,30,34)(H,31,32,33). The van der Waals surface area contributed by atoms with Crippen molar-refractivity contribution in [1.29, 1.82) is 0 Å². The van der Waals surface area contributed by atoms with Gasteiger partial charge in [0.2, 0.25) is 5.91 Å². The molecule has 0 saturated heterocycles. The van der Waals surface area contributed by atoms with Gasteiger partial charge in [-0.15, -0.1) is 23.1 Å². The summed E-state index contributed by atoms with van der Waals surface area (Å²) in [5, 5.41) is 6.75. The second-order valence-corrected chi connectivity index (χ2v) is 11.6. The lowest BCUT2D eigenvalue weighted by Gasteiger charge is -2.11. The third-order valence-electron chi connectivity index (χ3n) is 5.32. The summed E-state index contributed by atoms with van der Waals surface area (Å²) in [6.45, 7) is 5.89. The highest BCUT2D eigenvalue weighted by Gasteiger charge is 2.18. The fraction of sp³-hybridized carbons (Fsp3) is 0.148. The number of benzene rings is 3. The first-order valence-corrected chi connectivity index (χ1v) is 13.5. The number of hydrogen-bond acceptors (Lipinski definition) is 5. The molecular weight excluding hydrogens is 533 g/mol. The van der Waals surface area contributed by atoms with E-state index in [0.717, 1.165) is 21.0 Å². The first-order valence-electron chi connectivity index (χ1n) is 11.1. The molecule has 1 heterocycles. The number of nitrogens with one attached hydrogen (secondary N) is 2. The fourth-order valence-corrected chi connectivity index (χ4v) is 5.58. The van der Waals surface area contributed by atoms with Gasteiger partial charge in [0.15, 0.2) is 5.13 Å². The molecule has 0 aliphatic heterocycles. The summed E-state index contributed by atoms with van der Waals surface area (Å²) >= 11 is 14.9. The predicted octanol–water partition coefficient (Wildman–Crippen LogP) is 8.11. The topological polar surface area (TPSA) is 71.1 Å². The smallest absolute Gasteiger partial charge is 0.257 e. The van der Waals surface area contributed by atoms with Gasteiger partial charge < -0.3 is 10.6 Å². The minimum absolute atomic E-state index is 0.126. The van der Waals surface area contributed by atoms with Gasteiger partial charge in [0.05, 0.1) is 21.5 Å². The third-order valence-corrected chi connectivity index (χ3v) is 7.87. The van der Waals surface area contributed by atoms with Gasteiger partial charge in [0.1, 0.15) is 0 Å². The lowest BCUT2D eigenvalue weighted by atomic mass is 10.1. The van der Waals surface area contributed by atoms with E-state index in [0.29, 0.717) is 21.4 Å². The number of rotatable bonds is 7. The first-order chi connectivity index (χ1) is 17.2. The summed E-state index contributed by atoms with van der Waals surface area (Å²) < 4.78 is 0. The van der Waals surface area contributed by atoms with Crippen LogP contribution in [0.2, 0.25) is 10.0 Å². The normalized spacial score (nSPS) is 11.7. The second kappa shape index (κ2) is 11.5. The molecular formula is C27H23Cl2N3O2S2. The highest BCUT2D eigenvalue weighted by molar-refractivity contribution is 8.00. The SMILES string of the molecule is Cc1ccc(-c2nc(NC(=O)C(C)Sc3ccc(NC(=O)c4ccc(Cl)cc4Cl)cc3)sc2C)cc1. The van der Waals surface area contributed by atoms with E-state index in [4.69, 9.17) is 23.2 Å². The molecule has 0 spiro atoms. The minimum Gasteiger partial charge on any atom is -0.322 e. The van der Waals surface area contributed by atoms with Crippen molar-refractivity contribution in [2.45, 2.75) is 30.9 Å². The van der Waals surface area contributed by atoms with E-state index in [1.165, 1.54) is 34.7 Å². The van der Waals surface area contributed by atoms with Crippen LogP contribution in [-0.4, -0.2) is 22.0 Å². The van der Waals surface area contributed by atoms with Crippen LogP contribution in [0.4, 0.5) is 10.8 Å². The summed E-state index contributed by atoms with van der Waals surface area (Å²) in [6, 6.07) is 20.2. The number of carbonyl (C=O) groups excluding carboxylic acids is 2. The molecule has 0 saturated carbocycles. The second-order valence-electron chi connectivity index (χ2n) is 8.14. The maximum atomic E-state index is 12.8. The molecule has 184 valence electrons. The van der Waals surface area contributed by atoms with Gasteiger partial charge in [-0.1, -0.05) is 53.0 Å². The molecule has 1 aromatic heterocycles. The van der Waals surface area contributed by atoms with Gasteiger partial charge in [-0.25, -0.2) is 4.98 Å². The van der Waals surface area contributed by atoms with Gasteiger partial charge in [0.25, 0.3) is 5.91 Å². The number of aromatic nitrogens is 1. The Labute approximate surface area is 228 Å². The van der Waals surface area contributed by atoms with Crippen molar-refractivity contribution in [2.24, 2.45) is 0 Å². The van der Waals surface area contributed by atoms with Crippen LogP contribution in [0.15, 0.2) is 71.6 Å². The van der Waals surface area contributed by atoms with Crippen LogP contribution < -0.4 is 10.6 Å². The number of halogens is 2. The van der Waals surface area contributed by atoms with Crippen molar-refractivity contribution < 1.29 is 9.59 Å². The summed E-state index contributed by atoms with van der Waals surface area (Å²) in [5.41, 5.74) is 4.06. The number of thioether (sulfide) groups is 1. The lowest BCUT2D eigenvalue weighted by molar-refractivity contribution is -0.115. The van der Waals surface area contributed by atoms with E-state index in [-0.39, 0.29) is 22.1 Å². The maximum Gasteiger partial charge on any atom is 0.257 e. The summed E-state index contributed by atoms with van der Waals surface area (Å²) in [7, 11) is 0. The monoisotopic (exact) mass is 555 g/mol. The van der Waals surface area contributed by atoms with Crippen LogP contribution in [0.1, 0.15) is 27.7 Å². The van der Waals surface area contributed by atoms with E-state index in [2.05, 4.69) is 27.8 Å². The number of thiazole rings is 1. The Hall–Kier alpha value is -2.84. The van der Waals surface area contributed by atoms with Crippen LogP contribution in [0.3, 0.4) is 0 Å². The fourth-order valence-electron chi connectivity index (χ4n) is 3.38. The summed E-state index contributed by atoms with van der Waals surface area (Å²) in [6.07, 6.45) is 0. The minimum atomic E-state index is -0.342. The van der Waals surface area contributed by atoms with Crippen LogP contribution in [0, 0.1) is 13.8 Å². The van der Waals surface area contributed by atoms with Crippen LogP contribution in [0.5, 0.6) is 0 Å². The van der Waals surface area contributed by atoms with E-state index < -0.39 is 0 Å². The molecule has 2 N–H and O–H groups in total. The molecule has 0 aliphatic rings. The number of nitrogens with zero attached hydrogens (tertiary/aromatic N) is 1. The van der Waals surface area contributed by atoms with Gasteiger partial charge in [-0.2, -0.15) is 0 Å².